The predicted octanol–water partition coefficient (Wildman–Crippen LogP) is 3.77. The molecule has 1 aromatic carbocycles. The van der Waals surface area contributed by atoms with E-state index < -0.39 is 0 Å². The maximum absolute atomic E-state index is 5.94. The Bertz CT molecular complexity index is 603. The number of nitrogens with zero attached hydrogens (tertiary/aromatic N) is 4. The second-order valence-electron chi connectivity index (χ2n) is 4.57. The maximum atomic E-state index is 5.94. The lowest BCUT2D eigenvalue weighted by Crippen LogP contribution is -2.28. The van der Waals surface area contributed by atoms with Gasteiger partial charge in [0.05, 0.1) is 0 Å². The number of nitrogens with one attached hydrogen (secondary N) is 1. The lowest BCUT2D eigenvalue weighted by Gasteiger charge is -2.21. The first kappa shape index (κ1) is 14.8. The van der Waals surface area contributed by atoms with Gasteiger partial charge in [-0.05, 0) is 43.6 Å². The third-order valence-electron chi connectivity index (χ3n) is 2.77. The molecule has 0 fully saturated rings. The molecular formula is C13H15Cl2N5. The Hall–Kier alpha value is -1.59. The van der Waals surface area contributed by atoms with Crippen molar-refractivity contribution < 1.29 is 0 Å². The standard InChI is InChI=1S/C13H15Cl2N5/c1-8(2)20(3)13-18-11(15)17-12(19-13)16-10-6-4-5-9(14)7-10/h4-8H,1-3H3,(H,16,17,18,19). The smallest absolute Gasteiger partial charge is 0.233 e. The van der Waals surface area contributed by atoms with Gasteiger partial charge in [-0.25, -0.2) is 0 Å². The van der Waals surface area contributed by atoms with Crippen molar-refractivity contribution in [1.82, 2.24) is 15.0 Å². The van der Waals surface area contributed by atoms with Gasteiger partial charge in [-0.15, -0.1) is 0 Å². The van der Waals surface area contributed by atoms with Gasteiger partial charge in [0.1, 0.15) is 0 Å². The Morgan fingerprint density at radius 2 is 1.90 bits per heavy atom. The van der Waals surface area contributed by atoms with Crippen LogP contribution in [0.15, 0.2) is 24.3 Å². The van der Waals surface area contributed by atoms with Crippen LogP contribution in [-0.2, 0) is 0 Å². The molecule has 2 aromatic rings. The molecule has 0 aliphatic carbocycles. The minimum Gasteiger partial charge on any atom is -0.341 e. The van der Waals surface area contributed by atoms with E-state index in [0.717, 1.165) is 5.69 Å². The highest BCUT2D eigenvalue weighted by Gasteiger charge is 2.12. The number of halogens is 2. The largest absolute Gasteiger partial charge is 0.341 e. The van der Waals surface area contributed by atoms with Crippen LogP contribution in [-0.4, -0.2) is 28.0 Å². The highest BCUT2D eigenvalue weighted by molar-refractivity contribution is 6.30. The fraction of sp³-hybridized carbons (Fsp3) is 0.308. The monoisotopic (exact) mass is 311 g/mol. The predicted molar refractivity (Wildman–Crippen MR) is 83.1 cm³/mol. The first-order chi connectivity index (χ1) is 9.45. The van der Waals surface area contributed by atoms with E-state index in [1.807, 2.05) is 37.9 Å². The van der Waals surface area contributed by atoms with Crippen molar-refractivity contribution in [2.24, 2.45) is 0 Å². The van der Waals surface area contributed by atoms with E-state index in [-0.39, 0.29) is 11.3 Å². The average molecular weight is 312 g/mol. The van der Waals surface area contributed by atoms with Crippen LogP contribution < -0.4 is 10.2 Å². The van der Waals surface area contributed by atoms with Crippen LogP contribution in [0.2, 0.25) is 10.3 Å². The van der Waals surface area contributed by atoms with Crippen molar-refractivity contribution in [3.8, 4) is 0 Å². The topological polar surface area (TPSA) is 53.9 Å². The average Bonchev–Trinajstić information content (AvgIpc) is 2.37. The lowest BCUT2D eigenvalue weighted by atomic mass is 10.3. The summed E-state index contributed by atoms with van der Waals surface area (Å²) >= 11 is 11.9. The third kappa shape index (κ3) is 3.71. The Morgan fingerprint density at radius 3 is 2.55 bits per heavy atom. The zero-order valence-corrected chi connectivity index (χ0v) is 12.9. The minimum absolute atomic E-state index is 0.145. The molecule has 0 saturated carbocycles. The molecule has 0 aliphatic rings. The zero-order valence-electron chi connectivity index (χ0n) is 11.4. The number of benzene rings is 1. The highest BCUT2D eigenvalue weighted by Crippen LogP contribution is 2.20. The van der Waals surface area contributed by atoms with Crippen LogP contribution in [0, 0.1) is 0 Å². The minimum atomic E-state index is 0.145. The van der Waals surface area contributed by atoms with Crippen molar-refractivity contribution >= 4 is 40.8 Å². The summed E-state index contributed by atoms with van der Waals surface area (Å²) in [6.07, 6.45) is 0. The fourth-order valence-electron chi connectivity index (χ4n) is 1.48. The van der Waals surface area contributed by atoms with E-state index in [1.54, 1.807) is 12.1 Å². The fourth-order valence-corrected chi connectivity index (χ4v) is 1.83. The maximum Gasteiger partial charge on any atom is 0.233 e. The van der Waals surface area contributed by atoms with E-state index in [4.69, 9.17) is 23.2 Å². The zero-order chi connectivity index (χ0) is 14.7. The molecule has 0 aliphatic heterocycles. The summed E-state index contributed by atoms with van der Waals surface area (Å²) in [5, 5.41) is 3.84. The molecule has 0 atom stereocenters. The SMILES string of the molecule is CC(C)N(C)c1nc(Cl)nc(Nc2cccc(Cl)c2)n1. The molecule has 1 N–H and O–H groups in total. The van der Waals surface area contributed by atoms with Gasteiger partial charge in [0.25, 0.3) is 0 Å². The molecule has 7 heteroatoms. The van der Waals surface area contributed by atoms with Gasteiger partial charge in [0.2, 0.25) is 17.2 Å². The second kappa shape index (κ2) is 6.24. The van der Waals surface area contributed by atoms with Crippen LogP contribution in [0.4, 0.5) is 17.6 Å². The van der Waals surface area contributed by atoms with Gasteiger partial charge in [-0.1, -0.05) is 17.7 Å². The Kier molecular flexibility index (Phi) is 4.62. The van der Waals surface area contributed by atoms with Crippen LogP contribution in [0.5, 0.6) is 0 Å². The first-order valence-electron chi connectivity index (χ1n) is 6.12. The number of hydrogen-bond acceptors (Lipinski definition) is 5. The van der Waals surface area contributed by atoms with E-state index in [9.17, 15) is 0 Å². The van der Waals surface area contributed by atoms with Gasteiger partial charge in [-0.2, -0.15) is 15.0 Å². The van der Waals surface area contributed by atoms with Crippen molar-refractivity contribution in [3.63, 3.8) is 0 Å². The van der Waals surface area contributed by atoms with Crippen LogP contribution in [0.25, 0.3) is 0 Å². The summed E-state index contributed by atoms with van der Waals surface area (Å²) in [7, 11) is 1.90. The molecule has 0 spiro atoms. The molecule has 0 amide bonds. The molecule has 0 bridgehead atoms. The van der Waals surface area contributed by atoms with Gasteiger partial charge >= 0.3 is 0 Å². The Morgan fingerprint density at radius 1 is 1.15 bits per heavy atom. The van der Waals surface area contributed by atoms with Gasteiger partial charge < -0.3 is 10.2 Å². The van der Waals surface area contributed by atoms with Gasteiger partial charge in [-0.3, -0.25) is 0 Å². The Labute approximate surface area is 128 Å². The molecule has 5 nitrogen and oxygen atoms in total. The summed E-state index contributed by atoms with van der Waals surface area (Å²) in [5.41, 5.74) is 0.790. The molecule has 1 aromatic heterocycles. The second-order valence-corrected chi connectivity index (χ2v) is 5.34. The third-order valence-corrected chi connectivity index (χ3v) is 3.17. The summed E-state index contributed by atoms with van der Waals surface area (Å²) in [6, 6.07) is 7.55. The van der Waals surface area contributed by atoms with Gasteiger partial charge in [0.15, 0.2) is 0 Å². The van der Waals surface area contributed by atoms with Crippen LogP contribution in [0.3, 0.4) is 0 Å². The molecule has 1 heterocycles. The summed E-state index contributed by atoms with van der Waals surface area (Å²) in [5.74, 6) is 0.902. The van der Waals surface area contributed by atoms with Crippen LogP contribution in [0.1, 0.15) is 13.8 Å². The molecule has 0 radical (unpaired) electrons. The van der Waals surface area contributed by atoms with Crippen molar-refractivity contribution in [3.05, 3.63) is 34.6 Å². The number of rotatable bonds is 4. The number of hydrogen-bond donors (Lipinski definition) is 1. The number of anilines is 3. The van der Waals surface area contributed by atoms with E-state index in [1.165, 1.54) is 0 Å². The van der Waals surface area contributed by atoms with Gasteiger partial charge in [0, 0.05) is 23.8 Å². The first-order valence-corrected chi connectivity index (χ1v) is 6.88. The molecular weight excluding hydrogens is 297 g/mol. The lowest BCUT2D eigenvalue weighted by molar-refractivity contribution is 0.726. The summed E-state index contributed by atoms with van der Waals surface area (Å²) in [6.45, 7) is 4.09. The normalized spacial score (nSPS) is 10.7. The number of aromatic nitrogens is 3. The summed E-state index contributed by atoms with van der Waals surface area (Å²) in [4.78, 5) is 14.4. The quantitative estimate of drug-likeness (QED) is 0.931. The molecule has 2 rings (SSSR count). The molecule has 20 heavy (non-hydrogen) atoms. The van der Waals surface area contributed by atoms with Crippen molar-refractivity contribution in [2.45, 2.75) is 19.9 Å². The van der Waals surface area contributed by atoms with E-state index in [2.05, 4.69) is 20.3 Å². The molecule has 106 valence electrons. The van der Waals surface area contributed by atoms with Crippen molar-refractivity contribution in [2.75, 3.05) is 17.3 Å². The Balaban J connectivity index is 2.28. The highest BCUT2D eigenvalue weighted by atomic mass is 35.5. The molecule has 0 saturated heterocycles. The molecule has 0 unspecified atom stereocenters. The van der Waals surface area contributed by atoms with Crippen LogP contribution >= 0.6 is 23.2 Å². The van der Waals surface area contributed by atoms with E-state index >= 15 is 0 Å². The summed E-state index contributed by atoms with van der Waals surface area (Å²) < 4.78 is 0. The van der Waals surface area contributed by atoms with Crippen molar-refractivity contribution in [1.29, 1.82) is 0 Å². The van der Waals surface area contributed by atoms with E-state index in [0.29, 0.717) is 16.9 Å².